The lowest BCUT2D eigenvalue weighted by molar-refractivity contribution is -0.129. The molecular formula is C15H21NO3. The monoisotopic (exact) mass is 263 g/mol. The van der Waals surface area contributed by atoms with Gasteiger partial charge < -0.3 is 15.1 Å². The molecule has 0 bridgehead atoms. The second-order valence-electron chi connectivity index (χ2n) is 5.17. The molecule has 1 fully saturated rings. The number of nitrogens with zero attached hydrogens (tertiary/aromatic N) is 1. The topological polar surface area (TPSA) is 60.8 Å². The number of aliphatic hydroxyl groups is 1. The van der Waals surface area contributed by atoms with Crippen molar-refractivity contribution in [2.75, 3.05) is 19.7 Å². The third-order valence-corrected chi connectivity index (χ3v) is 3.74. The van der Waals surface area contributed by atoms with Gasteiger partial charge in [-0.05, 0) is 31.2 Å². The van der Waals surface area contributed by atoms with Crippen LogP contribution in [0.3, 0.4) is 0 Å². The van der Waals surface area contributed by atoms with Crippen molar-refractivity contribution < 1.29 is 15.0 Å². The molecule has 0 radical (unpaired) electrons. The van der Waals surface area contributed by atoms with Crippen LogP contribution in [0.5, 0.6) is 5.75 Å². The smallest absolute Gasteiger partial charge is 0.227 e. The molecule has 1 aliphatic heterocycles. The Morgan fingerprint density at radius 3 is 2.89 bits per heavy atom. The Hall–Kier alpha value is -1.55. The number of rotatable bonds is 5. The summed E-state index contributed by atoms with van der Waals surface area (Å²) in [6, 6.07) is 6.98. The molecule has 104 valence electrons. The predicted octanol–water partition coefficient (Wildman–Crippen LogP) is 1.56. The lowest BCUT2D eigenvalue weighted by atomic mass is 10.0. The molecule has 0 aliphatic carbocycles. The van der Waals surface area contributed by atoms with Gasteiger partial charge in [0.25, 0.3) is 0 Å². The number of hydrogen-bond donors (Lipinski definition) is 2. The quantitative estimate of drug-likeness (QED) is 0.847. The number of hydrogen-bond acceptors (Lipinski definition) is 3. The Kier molecular flexibility index (Phi) is 4.80. The maximum atomic E-state index is 12.2. The molecule has 1 aliphatic rings. The van der Waals surface area contributed by atoms with Gasteiger partial charge in [0.05, 0.1) is 6.42 Å². The largest absolute Gasteiger partial charge is 0.508 e. The van der Waals surface area contributed by atoms with Crippen molar-refractivity contribution in [1.29, 1.82) is 0 Å². The molecule has 4 nitrogen and oxygen atoms in total. The fourth-order valence-corrected chi connectivity index (χ4v) is 2.61. The summed E-state index contributed by atoms with van der Waals surface area (Å²) in [7, 11) is 0. The molecule has 0 spiro atoms. The second kappa shape index (κ2) is 6.57. The molecule has 19 heavy (non-hydrogen) atoms. The first-order valence-corrected chi connectivity index (χ1v) is 6.86. The fraction of sp³-hybridized carbons (Fsp3) is 0.533. The first kappa shape index (κ1) is 13.9. The van der Waals surface area contributed by atoms with Crippen molar-refractivity contribution in [2.45, 2.75) is 25.7 Å². The summed E-state index contributed by atoms with van der Waals surface area (Å²) in [6.45, 7) is 1.80. The van der Waals surface area contributed by atoms with Crippen molar-refractivity contribution in [1.82, 2.24) is 4.90 Å². The molecule has 2 N–H and O–H groups in total. The number of amides is 1. The zero-order valence-electron chi connectivity index (χ0n) is 11.1. The molecule has 1 aromatic carbocycles. The van der Waals surface area contributed by atoms with Crippen LogP contribution in [0, 0.1) is 5.92 Å². The van der Waals surface area contributed by atoms with Crippen LogP contribution in [0.4, 0.5) is 0 Å². The number of carbonyl (C=O) groups is 1. The van der Waals surface area contributed by atoms with Crippen LogP contribution >= 0.6 is 0 Å². The lowest BCUT2D eigenvalue weighted by Gasteiger charge is -2.17. The maximum Gasteiger partial charge on any atom is 0.227 e. The molecule has 1 heterocycles. The number of phenolic OH excluding ortho intramolecular Hbond substituents is 1. The summed E-state index contributed by atoms with van der Waals surface area (Å²) in [5.74, 6) is 0.778. The van der Waals surface area contributed by atoms with Crippen LogP contribution in [-0.2, 0) is 11.2 Å². The second-order valence-corrected chi connectivity index (χ2v) is 5.17. The molecule has 1 amide bonds. The van der Waals surface area contributed by atoms with E-state index in [9.17, 15) is 9.90 Å². The summed E-state index contributed by atoms with van der Waals surface area (Å²) in [5.41, 5.74) is 0.686. The molecule has 1 aromatic rings. The van der Waals surface area contributed by atoms with Gasteiger partial charge in [0.1, 0.15) is 5.75 Å². The van der Waals surface area contributed by atoms with Crippen molar-refractivity contribution in [3.05, 3.63) is 29.8 Å². The standard InChI is InChI=1S/C15H21NO3/c17-9-3-4-12-7-8-16(11-12)15(19)10-13-5-1-2-6-14(13)18/h1-2,5-6,12,17-18H,3-4,7-11H2. The Balaban J connectivity index is 1.86. The zero-order chi connectivity index (χ0) is 13.7. The summed E-state index contributed by atoms with van der Waals surface area (Å²) in [4.78, 5) is 14.0. The van der Waals surface area contributed by atoms with Crippen LogP contribution in [0.2, 0.25) is 0 Å². The number of carbonyl (C=O) groups excluding carboxylic acids is 1. The highest BCUT2D eigenvalue weighted by molar-refractivity contribution is 5.79. The average Bonchev–Trinajstić information content (AvgIpc) is 2.88. The third kappa shape index (κ3) is 3.70. The zero-order valence-corrected chi connectivity index (χ0v) is 11.1. The van der Waals surface area contributed by atoms with Gasteiger partial charge in [0.15, 0.2) is 0 Å². The predicted molar refractivity (Wildman–Crippen MR) is 72.8 cm³/mol. The SMILES string of the molecule is O=C(Cc1ccccc1O)N1CCC(CCCO)C1. The number of aliphatic hydroxyl groups excluding tert-OH is 1. The molecule has 2 rings (SSSR count). The van der Waals surface area contributed by atoms with E-state index < -0.39 is 0 Å². The minimum Gasteiger partial charge on any atom is -0.508 e. The Bertz CT molecular complexity index is 433. The minimum absolute atomic E-state index is 0.0769. The Labute approximate surface area is 113 Å². The maximum absolute atomic E-state index is 12.2. The van der Waals surface area contributed by atoms with Crippen LogP contribution in [0.25, 0.3) is 0 Å². The number of likely N-dealkylation sites (tertiary alicyclic amines) is 1. The van der Waals surface area contributed by atoms with E-state index in [2.05, 4.69) is 0 Å². The van der Waals surface area contributed by atoms with Crippen molar-refractivity contribution in [3.63, 3.8) is 0 Å². The highest BCUT2D eigenvalue weighted by Gasteiger charge is 2.25. The first-order chi connectivity index (χ1) is 9.20. The van der Waals surface area contributed by atoms with Gasteiger partial charge in [-0.2, -0.15) is 0 Å². The van der Waals surface area contributed by atoms with Gasteiger partial charge in [-0.3, -0.25) is 4.79 Å². The number of phenols is 1. The summed E-state index contributed by atoms with van der Waals surface area (Å²) >= 11 is 0. The minimum atomic E-state index is 0.0769. The van der Waals surface area contributed by atoms with Crippen LogP contribution in [0.15, 0.2) is 24.3 Å². The van der Waals surface area contributed by atoms with Crippen LogP contribution in [-0.4, -0.2) is 40.7 Å². The number of para-hydroxylation sites is 1. The van der Waals surface area contributed by atoms with E-state index in [-0.39, 0.29) is 24.7 Å². The lowest BCUT2D eigenvalue weighted by Crippen LogP contribution is -2.30. The van der Waals surface area contributed by atoms with E-state index in [4.69, 9.17) is 5.11 Å². The van der Waals surface area contributed by atoms with Gasteiger partial charge in [-0.25, -0.2) is 0 Å². The van der Waals surface area contributed by atoms with Crippen LogP contribution < -0.4 is 0 Å². The highest BCUT2D eigenvalue weighted by atomic mass is 16.3. The van der Waals surface area contributed by atoms with Gasteiger partial charge in [0, 0.05) is 25.3 Å². The molecule has 1 unspecified atom stereocenters. The summed E-state index contributed by atoms with van der Waals surface area (Å²) in [6.07, 6.45) is 3.08. The summed E-state index contributed by atoms with van der Waals surface area (Å²) in [5, 5.41) is 18.5. The Morgan fingerprint density at radius 2 is 2.16 bits per heavy atom. The van der Waals surface area contributed by atoms with Crippen LogP contribution in [0.1, 0.15) is 24.8 Å². The van der Waals surface area contributed by atoms with E-state index in [1.807, 2.05) is 11.0 Å². The number of benzene rings is 1. The molecule has 0 saturated carbocycles. The number of aromatic hydroxyl groups is 1. The molecular weight excluding hydrogens is 242 g/mol. The van der Waals surface area contributed by atoms with Crippen molar-refractivity contribution >= 4 is 5.91 Å². The van der Waals surface area contributed by atoms with Gasteiger partial charge >= 0.3 is 0 Å². The van der Waals surface area contributed by atoms with Gasteiger partial charge in [0.2, 0.25) is 5.91 Å². The Morgan fingerprint density at radius 1 is 1.37 bits per heavy atom. The molecule has 4 heteroatoms. The van der Waals surface area contributed by atoms with E-state index in [1.54, 1.807) is 18.2 Å². The normalized spacial score (nSPS) is 18.8. The first-order valence-electron chi connectivity index (χ1n) is 6.86. The highest BCUT2D eigenvalue weighted by Crippen LogP contribution is 2.23. The molecule has 1 saturated heterocycles. The van der Waals surface area contributed by atoms with Gasteiger partial charge in [-0.1, -0.05) is 18.2 Å². The fourth-order valence-electron chi connectivity index (χ4n) is 2.61. The van der Waals surface area contributed by atoms with E-state index in [0.29, 0.717) is 11.5 Å². The van der Waals surface area contributed by atoms with Crippen molar-refractivity contribution in [3.8, 4) is 5.75 Å². The summed E-state index contributed by atoms with van der Waals surface area (Å²) < 4.78 is 0. The van der Waals surface area contributed by atoms with Gasteiger partial charge in [-0.15, -0.1) is 0 Å². The molecule has 1 atom stereocenters. The average molecular weight is 263 g/mol. The van der Waals surface area contributed by atoms with E-state index in [1.165, 1.54) is 0 Å². The third-order valence-electron chi connectivity index (χ3n) is 3.74. The van der Waals surface area contributed by atoms with E-state index >= 15 is 0 Å². The van der Waals surface area contributed by atoms with Crippen molar-refractivity contribution in [2.24, 2.45) is 5.92 Å². The molecule has 0 aromatic heterocycles. The van der Waals surface area contributed by atoms with E-state index in [0.717, 1.165) is 32.4 Å².